The lowest BCUT2D eigenvalue weighted by atomic mass is 9.63. The van der Waals surface area contributed by atoms with Crippen molar-refractivity contribution in [2.45, 2.75) is 5.41 Å². The summed E-state index contributed by atoms with van der Waals surface area (Å²) in [7, 11) is 2.72. The summed E-state index contributed by atoms with van der Waals surface area (Å²) in [6, 6.07) is 30.6. The van der Waals surface area contributed by atoms with Crippen LogP contribution in [0.5, 0.6) is 11.5 Å². The highest BCUT2D eigenvalue weighted by atomic mass is 16.5. The van der Waals surface area contributed by atoms with E-state index >= 15 is 0 Å². The van der Waals surface area contributed by atoms with E-state index in [1.54, 1.807) is 24.3 Å². The van der Waals surface area contributed by atoms with Gasteiger partial charge in [0.2, 0.25) is 0 Å². The molecule has 0 saturated carbocycles. The number of hydrogen-bond donors (Lipinski definition) is 0. The van der Waals surface area contributed by atoms with Crippen LogP contribution in [0.4, 0.5) is 0 Å². The largest absolute Gasteiger partial charge is 0.465 e. The number of ether oxygens (including phenoxy) is 3. The fraction of sp³-hybridized carbons (Fsp3) is 0.103. The summed E-state index contributed by atoms with van der Waals surface area (Å²) < 4.78 is 16.3. The third-order valence-corrected chi connectivity index (χ3v) is 6.24. The molecule has 0 atom stereocenters. The normalized spacial score (nSPS) is 13.1. The molecule has 4 aromatic rings. The zero-order valence-corrected chi connectivity index (χ0v) is 18.8. The molecule has 0 aromatic heterocycles. The lowest BCUT2D eigenvalue weighted by molar-refractivity contribution is 0.0592. The summed E-state index contributed by atoms with van der Waals surface area (Å²) in [6.07, 6.45) is 0. The van der Waals surface area contributed by atoms with Crippen molar-refractivity contribution in [1.29, 1.82) is 0 Å². The van der Waals surface area contributed by atoms with E-state index in [-0.39, 0.29) is 0 Å². The molecule has 0 fully saturated rings. The molecule has 0 radical (unpaired) electrons. The van der Waals surface area contributed by atoms with E-state index in [1.165, 1.54) is 14.2 Å². The van der Waals surface area contributed by atoms with Crippen LogP contribution in [0.3, 0.4) is 0 Å². The predicted octanol–water partition coefficient (Wildman–Crippen LogP) is 5.75. The van der Waals surface area contributed by atoms with Crippen LogP contribution in [0.15, 0.2) is 97.1 Å². The molecular weight excluding hydrogens is 428 g/mol. The van der Waals surface area contributed by atoms with Gasteiger partial charge in [0.15, 0.2) is 0 Å². The van der Waals surface area contributed by atoms with Gasteiger partial charge in [0.25, 0.3) is 0 Å². The van der Waals surface area contributed by atoms with Crippen LogP contribution in [0, 0.1) is 0 Å². The minimum absolute atomic E-state index is 0.411. The second-order valence-electron chi connectivity index (χ2n) is 7.99. The van der Waals surface area contributed by atoms with E-state index in [0.29, 0.717) is 22.6 Å². The Hall–Kier alpha value is -4.38. The summed E-state index contributed by atoms with van der Waals surface area (Å²) in [5, 5.41) is 0. The van der Waals surface area contributed by atoms with E-state index in [4.69, 9.17) is 14.2 Å². The maximum Gasteiger partial charge on any atom is 0.337 e. The number of carbonyl (C=O) groups excluding carboxylic acids is 2. The molecule has 0 saturated heterocycles. The third kappa shape index (κ3) is 3.25. The van der Waals surface area contributed by atoms with Crippen molar-refractivity contribution in [3.05, 3.63) is 130 Å². The lowest BCUT2D eigenvalue weighted by Crippen LogP contribution is -2.34. The molecule has 4 aromatic carbocycles. The summed E-state index contributed by atoms with van der Waals surface area (Å²) in [6.45, 7) is 0. The molecule has 5 nitrogen and oxygen atoms in total. The Morgan fingerprint density at radius 1 is 0.618 bits per heavy atom. The first-order valence-electron chi connectivity index (χ1n) is 10.8. The average molecular weight is 450 g/mol. The molecule has 1 heterocycles. The number of esters is 2. The van der Waals surface area contributed by atoms with Crippen LogP contribution in [0.25, 0.3) is 0 Å². The van der Waals surface area contributed by atoms with Crippen LogP contribution in [0.2, 0.25) is 0 Å². The van der Waals surface area contributed by atoms with Gasteiger partial charge in [-0.3, -0.25) is 0 Å². The Labute approximate surface area is 197 Å². The Morgan fingerprint density at radius 3 is 1.41 bits per heavy atom. The number of hydrogen-bond acceptors (Lipinski definition) is 5. The highest BCUT2D eigenvalue weighted by Gasteiger charge is 2.46. The SMILES string of the molecule is COC(=O)c1ccc2c(c1)C(c1ccccc1)(c1ccccc1)c1cc(C(=O)OC)ccc1O2. The third-order valence-electron chi connectivity index (χ3n) is 6.24. The Kier molecular flexibility index (Phi) is 5.38. The maximum atomic E-state index is 12.5. The molecule has 34 heavy (non-hydrogen) atoms. The molecule has 5 heteroatoms. The van der Waals surface area contributed by atoms with Crippen LogP contribution in [-0.4, -0.2) is 26.2 Å². The zero-order valence-electron chi connectivity index (χ0n) is 18.8. The molecule has 0 spiro atoms. The topological polar surface area (TPSA) is 61.8 Å². The van der Waals surface area contributed by atoms with Crippen LogP contribution in [0.1, 0.15) is 43.0 Å². The molecule has 0 aliphatic carbocycles. The Bertz CT molecular complexity index is 1270. The Morgan fingerprint density at radius 2 is 1.03 bits per heavy atom. The van der Waals surface area contributed by atoms with Crippen molar-refractivity contribution < 1.29 is 23.8 Å². The van der Waals surface area contributed by atoms with Crippen molar-refractivity contribution in [3.8, 4) is 11.5 Å². The van der Waals surface area contributed by atoms with Gasteiger partial charge in [-0.1, -0.05) is 60.7 Å². The highest BCUT2D eigenvalue weighted by Crippen LogP contribution is 2.55. The van der Waals surface area contributed by atoms with Crippen LogP contribution >= 0.6 is 0 Å². The van der Waals surface area contributed by atoms with Crippen LogP contribution < -0.4 is 4.74 Å². The Balaban J connectivity index is 1.94. The van der Waals surface area contributed by atoms with Gasteiger partial charge in [0.1, 0.15) is 11.5 Å². The zero-order chi connectivity index (χ0) is 23.7. The smallest absolute Gasteiger partial charge is 0.337 e. The van der Waals surface area contributed by atoms with E-state index < -0.39 is 17.4 Å². The molecule has 0 N–H and O–H groups in total. The van der Waals surface area contributed by atoms with Gasteiger partial charge in [-0.05, 0) is 47.5 Å². The molecule has 0 amide bonds. The lowest BCUT2D eigenvalue weighted by Gasteiger charge is -2.41. The van der Waals surface area contributed by atoms with Crippen LogP contribution in [-0.2, 0) is 14.9 Å². The molecule has 0 unspecified atom stereocenters. The van der Waals surface area contributed by atoms with E-state index in [2.05, 4.69) is 0 Å². The van der Waals surface area contributed by atoms with Crippen molar-refractivity contribution >= 4 is 11.9 Å². The summed E-state index contributed by atoms with van der Waals surface area (Å²) in [5.74, 6) is 0.371. The number of rotatable bonds is 4. The standard InChI is InChI=1S/C29H22O5/c1-32-27(30)19-13-15-25-23(17-19)29(21-9-5-3-6-10-21,22-11-7-4-8-12-22)24-18-20(28(31)33-2)14-16-26(24)34-25/h3-18H,1-2H3. The quantitative estimate of drug-likeness (QED) is 0.326. The van der Waals surface area contributed by atoms with Gasteiger partial charge in [0, 0.05) is 11.1 Å². The predicted molar refractivity (Wildman–Crippen MR) is 128 cm³/mol. The number of benzene rings is 4. The van der Waals surface area contributed by atoms with Crippen molar-refractivity contribution in [3.63, 3.8) is 0 Å². The molecule has 5 rings (SSSR count). The molecule has 1 aliphatic rings. The van der Waals surface area contributed by atoms with E-state index in [9.17, 15) is 9.59 Å². The minimum atomic E-state index is -0.862. The van der Waals surface area contributed by atoms with Gasteiger partial charge >= 0.3 is 11.9 Å². The molecule has 0 bridgehead atoms. The van der Waals surface area contributed by atoms with Crippen molar-refractivity contribution in [2.75, 3.05) is 14.2 Å². The van der Waals surface area contributed by atoms with Gasteiger partial charge in [-0.2, -0.15) is 0 Å². The van der Waals surface area contributed by atoms with Crippen molar-refractivity contribution in [2.24, 2.45) is 0 Å². The summed E-state index contributed by atoms with van der Waals surface area (Å²) >= 11 is 0. The summed E-state index contributed by atoms with van der Waals surface area (Å²) in [4.78, 5) is 25.0. The average Bonchev–Trinajstić information content (AvgIpc) is 2.91. The fourth-order valence-corrected chi connectivity index (χ4v) is 4.74. The van der Waals surface area contributed by atoms with Gasteiger partial charge in [-0.25, -0.2) is 9.59 Å². The molecule has 168 valence electrons. The highest BCUT2D eigenvalue weighted by molar-refractivity contribution is 5.92. The van der Waals surface area contributed by atoms with Crippen molar-refractivity contribution in [1.82, 2.24) is 0 Å². The molecule has 1 aliphatic heterocycles. The second-order valence-corrected chi connectivity index (χ2v) is 7.99. The first-order valence-corrected chi connectivity index (χ1v) is 10.8. The van der Waals surface area contributed by atoms with E-state index in [1.807, 2.05) is 72.8 Å². The van der Waals surface area contributed by atoms with Gasteiger partial charge < -0.3 is 14.2 Å². The minimum Gasteiger partial charge on any atom is -0.465 e. The van der Waals surface area contributed by atoms with Gasteiger partial charge in [-0.15, -0.1) is 0 Å². The van der Waals surface area contributed by atoms with E-state index in [0.717, 1.165) is 22.3 Å². The monoisotopic (exact) mass is 450 g/mol. The molecular formula is C29H22O5. The number of fused-ring (bicyclic) bond motifs is 2. The maximum absolute atomic E-state index is 12.5. The first kappa shape index (κ1) is 21.5. The first-order chi connectivity index (χ1) is 16.6. The fourth-order valence-electron chi connectivity index (χ4n) is 4.74. The number of methoxy groups -OCH3 is 2. The second kappa shape index (κ2) is 8.52. The summed E-state index contributed by atoms with van der Waals surface area (Å²) in [5.41, 5.74) is 3.46. The number of carbonyl (C=O) groups is 2. The van der Waals surface area contributed by atoms with Gasteiger partial charge in [0.05, 0.1) is 30.8 Å².